The molecule has 0 bridgehead atoms. The number of nitrogens with one attached hydrogen (secondary N) is 1. The topological polar surface area (TPSA) is 97.5 Å². The zero-order valence-corrected chi connectivity index (χ0v) is 10.8. The molecular weight excluding hydrogens is 254 g/mol. The van der Waals surface area contributed by atoms with Gasteiger partial charge in [-0.05, 0) is 0 Å². The van der Waals surface area contributed by atoms with E-state index in [2.05, 4.69) is 10.3 Å². The van der Waals surface area contributed by atoms with Crippen molar-refractivity contribution in [2.75, 3.05) is 19.8 Å². The third kappa shape index (κ3) is 3.26. The number of rotatable bonds is 4. The summed E-state index contributed by atoms with van der Waals surface area (Å²) in [5.41, 5.74) is 4.93. The Kier molecular flexibility index (Phi) is 4.28. The first-order valence-electron chi connectivity index (χ1n) is 5.86. The summed E-state index contributed by atoms with van der Waals surface area (Å²) < 4.78 is 5.18. The van der Waals surface area contributed by atoms with E-state index in [1.54, 1.807) is 5.38 Å². The van der Waals surface area contributed by atoms with Crippen molar-refractivity contribution < 1.29 is 14.6 Å². The molecule has 0 atom stereocenters. The number of nitrogens with zero attached hydrogens (tertiary/aromatic N) is 1. The zero-order valence-electron chi connectivity index (χ0n) is 10.0. The van der Waals surface area contributed by atoms with E-state index in [0.29, 0.717) is 38.3 Å². The standard InChI is InChI=1S/C11H17N3O3S/c12-5-9-14-8(6-18-9)10(15)13-7-11(16)1-3-17-4-2-11/h6,16H,1-5,7,12H2,(H,13,15). The largest absolute Gasteiger partial charge is 0.388 e. The number of hydrogen-bond donors (Lipinski definition) is 3. The van der Waals surface area contributed by atoms with Gasteiger partial charge in [0.15, 0.2) is 0 Å². The van der Waals surface area contributed by atoms with E-state index < -0.39 is 5.60 Å². The Labute approximate surface area is 109 Å². The van der Waals surface area contributed by atoms with Gasteiger partial charge in [0.05, 0.1) is 5.60 Å². The van der Waals surface area contributed by atoms with E-state index in [1.165, 1.54) is 11.3 Å². The lowest BCUT2D eigenvalue weighted by molar-refractivity contribution is -0.0605. The molecule has 1 aromatic rings. The summed E-state index contributed by atoms with van der Waals surface area (Å²) in [5, 5.41) is 15.3. The highest BCUT2D eigenvalue weighted by atomic mass is 32.1. The molecule has 6 nitrogen and oxygen atoms in total. The summed E-state index contributed by atoms with van der Waals surface area (Å²) in [6, 6.07) is 0. The van der Waals surface area contributed by atoms with Gasteiger partial charge < -0.3 is 20.9 Å². The van der Waals surface area contributed by atoms with Crippen LogP contribution in [0.3, 0.4) is 0 Å². The van der Waals surface area contributed by atoms with Gasteiger partial charge in [0.1, 0.15) is 10.7 Å². The highest BCUT2D eigenvalue weighted by Crippen LogP contribution is 2.19. The van der Waals surface area contributed by atoms with Gasteiger partial charge in [-0.25, -0.2) is 4.98 Å². The molecule has 0 saturated carbocycles. The second-order valence-corrected chi connectivity index (χ2v) is 5.29. The van der Waals surface area contributed by atoms with E-state index in [9.17, 15) is 9.90 Å². The number of carbonyl (C=O) groups is 1. The van der Waals surface area contributed by atoms with Crippen molar-refractivity contribution in [1.82, 2.24) is 10.3 Å². The monoisotopic (exact) mass is 271 g/mol. The van der Waals surface area contributed by atoms with Gasteiger partial charge in [0.25, 0.3) is 5.91 Å². The Morgan fingerprint density at radius 1 is 1.61 bits per heavy atom. The minimum absolute atomic E-state index is 0.227. The minimum atomic E-state index is -0.860. The molecule has 100 valence electrons. The highest BCUT2D eigenvalue weighted by molar-refractivity contribution is 7.09. The van der Waals surface area contributed by atoms with E-state index in [-0.39, 0.29) is 12.5 Å². The number of aliphatic hydroxyl groups is 1. The number of aromatic nitrogens is 1. The Morgan fingerprint density at radius 2 is 2.33 bits per heavy atom. The first kappa shape index (κ1) is 13.4. The molecule has 0 unspecified atom stereocenters. The maximum atomic E-state index is 11.8. The summed E-state index contributed by atoms with van der Waals surface area (Å²) in [6.45, 7) is 1.62. The first-order valence-corrected chi connectivity index (χ1v) is 6.74. The van der Waals surface area contributed by atoms with Gasteiger partial charge in [0, 0.05) is 44.5 Å². The maximum Gasteiger partial charge on any atom is 0.270 e. The molecule has 0 aliphatic carbocycles. The molecule has 2 rings (SSSR count). The first-order chi connectivity index (χ1) is 8.63. The Balaban J connectivity index is 1.87. The number of ether oxygens (including phenoxy) is 1. The fourth-order valence-electron chi connectivity index (χ4n) is 1.77. The number of carbonyl (C=O) groups excluding carboxylic acids is 1. The van der Waals surface area contributed by atoms with Gasteiger partial charge in [-0.2, -0.15) is 0 Å². The molecule has 1 amide bonds. The average molecular weight is 271 g/mol. The molecule has 18 heavy (non-hydrogen) atoms. The summed E-state index contributed by atoms with van der Waals surface area (Å²) in [5.74, 6) is -0.272. The Morgan fingerprint density at radius 3 is 2.94 bits per heavy atom. The molecule has 1 aliphatic heterocycles. The van der Waals surface area contributed by atoms with E-state index >= 15 is 0 Å². The number of nitrogens with two attached hydrogens (primary N) is 1. The molecule has 1 saturated heterocycles. The van der Waals surface area contributed by atoms with E-state index in [1.807, 2.05) is 0 Å². The van der Waals surface area contributed by atoms with Crippen molar-refractivity contribution in [3.8, 4) is 0 Å². The minimum Gasteiger partial charge on any atom is -0.388 e. The number of hydrogen-bond acceptors (Lipinski definition) is 6. The van der Waals surface area contributed by atoms with Crippen molar-refractivity contribution in [2.45, 2.75) is 25.0 Å². The maximum absolute atomic E-state index is 11.8. The van der Waals surface area contributed by atoms with Crippen LogP contribution in [0.1, 0.15) is 28.3 Å². The van der Waals surface area contributed by atoms with E-state index in [0.717, 1.165) is 5.01 Å². The predicted octanol–water partition coefficient (Wildman–Crippen LogP) is -0.127. The molecule has 0 spiro atoms. The SMILES string of the molecule is NCc1nc(C(=O)NCC2(O)CCOCC2)cs1. The van der Waals surface area contributed by atoms with Crippen molar-refractivity contribution in [3.63, 3.8) is 0 Å². The van der Waals surface area contributed by atoms with Crippen molar-refractivity contribution >= 4 is 17.2 Å². The fourth-order valence-corrected chi connectivity index (χ4v) is 2.43. The summed E-state index contributed by atoms with van der Waals surface area (Å²) in [7, 11) is 0. The van der Waals surface area contributed by atoms with Gasteiger partial charge in [0.2, 0.25) is 0 Å². The lowest BCUT2D eigenvalue weighted by Crippen LogP contribution is -2.46. The zero-order chi connectivity index (χ0) is 13.0. The molecule has 0 radical (unpaired) electrons. The normalized spacial score (nSPS) is 18.6. The van der Waals surface area contributed by atoms with Crippen LogP contribution in [-0.2, 0) is 11.3 Å². The van der Waals surface area contributed by atoms with Crippen LogP contribution in [0.5, 0.6) is 0 Å². The van der Waals surface area contributed by atoms with Gasteiger partial charge in [-0.1, -0.05) is 0 Å². The average Bonchev–Trinajstić information content (AvgIpc) is 2.86. The summed E-state index contributed by atoms with van der Waals surface area (Å²) in [6.07, 6.45) is 1.08. The van der Waals surface area contributed by atoms with Gasteiger partial charge in [-0.15, -0.1) is 11.3 Å². The quantitative estimate of drug-likeness (QED) is 0.709. The van der Waals surface area contributed by atoms with Crippen LogP contribution in [0.4, 0.5) is 0 Å². The molecule has 1 fully saturated rings. The van der Waals surface area contributed by atoms with Crippen LogP contribution in [0.2, 0.25) is 0 Å². The number of amides is 1. The Bertz CT molecular complexity index is 415. The fraction of sp³-hybridized carbons (Fsp3) is 0.636. The third-order valence-corrected chi connectivity index (χ3v) is 3.83. The molecule has 7 heteroatoms. The van der Waals surface area contributed by atoms with Crippen LogP contribution in [0.15, 0.2) is 5.38 Å². The molecule has 2 heterocycles. The van der Waals surface area contributed by atoms with Crippen molar-refractivity contribution in [2.24, 2.45) is 5.73 Å². The van der Waals surface area contributed by atoms with Crippen molar-refractivity contribution in [1.29, 1.82) is 0 Å². The lowest BCUT2D eigenvalue weighted by Gasteiger charge is -2.31. The van der Waals surface area contributed by atoms with Crippen LogP contribution >= 0.6 is 11.3 Å². The predicted molar refractivity (Wildman–Crippen MR) is 67.3 cm³/mol. The molecule has 0 aromatic carbocycles. The van der Waals surface area contributed by atoms with Crippen molar-refractivity contribution in [3.05, 3.63) is 16.1 Å². The lowest BCUT2D eigenvalue weighted by atomic mass is 9.94. The van der Waals surface area contributed by atoms with Crippen LogP contribution < -0.4 is 11.1 Å². The highest BCUT2D eigenvalue weighted by Gasteiger charge is 2.30. The molecule has 1 aromatic heterocycles. The second-order valence-electron chi connectivity index (χ2n) is 4.35. The third-order valence-electron chi connectivity index (χ3n) is 2.96. The Hall–Kier alpha value is -1.02. The smallest absolute Gasteiger partial charge is 0.270 e. The van der Waals surface area contributed by atoms with Gasteiger partial charge >= 0.3 is 0 Å². The molecule has 4 N–H and O–H groups in total. The molecular formula is C11H17N3O3S. The van der Waals surface area contributed by atoms with E-state index in [4.69, 9.17) is 10.5 Å². The van der Waals surface area contributed by atoms with Crippen LogP contribution in [0.25, 0.3) is 0 Å². The second kappa shape index (κ2) is 5.75. The summed E-state index contributed by atoms with van der Waals surface area (Å²) in [4.78, 5) is 15.9. The summed E-state index contributed by atoms with van der Waals surface area (Å²) >= 11 is 1.36. The van der Waals surface area contributed by atoms with Gasteiger partial charge in [-0.3, -0.25) is 4.79 Å². The van der Waals surface area contributed by atoms with Crippen LogP contribution in [0, 0.1) is 0 Å². The van der Waals surface area contributed by atoms with Crippen LogP contribution in [-0.4, -0.2) is 41.4 Å². The molecule has 1 aliphatic rings. The number of thiazole rings is 1.